The summed E-state index contributed by atoms with van der Waals surface area (Å²) in [6, 6.07) is 18.6. The molecule has 180 valence electrons. The van der Waals surface area contributed by atoms with Crippen LogP contribution in [0.4, 0.5) is 0 Å². The fraction of sp³-hybridized carbons (Fsp3) is 0.536. The van der Waals surface area contributed by atoms with Crippen molar-refractivity contribution in [3.05, 3.63) is 65.7 Å². The first kappa shape index (κ1) is 25.3. The third kappa shape index (κ3) is 8.17. The van der Waals surface area contributed by atoms with Gasteiger partial charge in [-0.2, -0.15) is 0 Å². The maximum atomic E-state index is 13.1. The maximum Gasteiger partial charge on any atom is 0.227 e. The van der Waals surface area contributed by atoms with E-state index in [0.29, 0.717) is 18.5 Å². The predicted octanol–water partition coefficient (Wildman–Crippen LogP) is 4.80. The molecule has 1 aliphatic heterocycles. The minimum atomic E-state index is -0.201. The first-order chi connectivity index (χ1) is 16.1. The number of carbonyl (C=O) groups excluding carboxylic acids is 1. The molecule has 2 unspecified atom stereocenters. The molecule has 2 aromatic rings. The summed E-state index contributed by atoms with van der Waals surface area (Å²) in [5.74, 6) is 1.27. The quantitative estimate of drug-likeness (QED) is 0.409. The largest absolute Gasteiger partial charge is 0.493 e. The van der Waals surface area contributed by atoms with E-state index < -0.39 is 0 Å². The highest BCUT2D eigenvalue weighted by molar-refractivity contribution is 5.83. The fourth-order valence-corrected chi connectivity index (χ4v) is 4.39. The van der Waals surface area contributed by atoms with E-state index in [9.17, 15) is 4.79 Å². The van der Waals surface area contributed by atoms with Crippen LogP contribution in [0.15, 0.2) is 54.6 Å². The van der Waals surface area contributed by atoms with Gasteiger partial charge in [0.05, 0.1) is 18.6 Å². The molecule has 0 aliphatic carbocycles. The number of hydrogen-bond donors (Lipinski definition) is 3. The molecule has 0 radical (unpaired) electrons. The van der Waals surface area contributed by atoms with E-state index in [4.69, 9.17) is 4.74 Å². The third-order valence-electron chi connectivity index (χ3n) is 6.51. The molecule has 1 fully saturated rings. The molecular weight excluding hydrogens is 410 g/mol. The van der Waals surface area contributed by atoms with E-state index in [-0.39, 0.29) is 17.9 Å². The summed E-state index contributed by atoms with van der Waals surface area (Å²) >= 11 is 0. The fourth-order valence-electron chi connectivity index (χ4n) is 4.39. The second kappa shape index (κ2) is 13.4. The van der Waals surface area contributed by atoms with Gasteiger partial charge in [0.1, 0.15) is 5.75 Å². The van der Waals surface area contributed by atoms with Gasteiger partial charge in [-0.15, -0.1) is 0 Å². The summed E-state index contributed by atoms with van der Waals surface area (Å²) in [5, 5.41) is 10.4. The lowest BCUT2D eigenvalue weighted by Gasteiger charge is -2.23. The van der Waals surface area contributed by atoms with Crippen LogP contribution in [0, 0.1) is 5.92 Å². The molecule has 1 saturated heterocycles. The number of ether oxygens (including phenoxy) is 1. The van der Waals surface area contributed by atoms with Crippen LogP contribution in [0.2, 0.25) is 0 Å². The topological polar surface area (TPSA) is 62.4 Å². The zero-order chi connectivity index (χ0) is 23.5. The van der Waals surface area contributed by atoms with Crippen LogP contribution in [0.1, 0.15) is 69.5 Å². The van der Waals surface area contributed by atoms with Crippen molar-refractivity contribution in [2.24, 2.45) is 5.92 Å². The van der Waals surface area contributed by atoms with Crippen molar-refractivity contribution in [1.82, 2.24) is 16.0 Å². The number of carbonyl (C=O) groups is 1. The molecule has 4 atom stereocenters. The Bertz CT molecular complexity index is 819. The molecule has 3 N–H and O–H groups in total. The van der Waals surface area contributed by atoms with E-state index in [1.54, 1.807) is 0 Å². The van der Waals surface area contributed by atoms with Gasteiger partial charge in [-0.3, -0.25) is 4.79 Å². The van der Waals surface area contributed by atoms with Gasteiger partial charge >= 0.3 is 0 Å². The minimum Gasteiger partial charge on any atom is -0.493 e. The van der Waals surface area contributed by atoms with Crippen molar-refractivity contribution in [3.8, 4) is 5.75 Å². The number of hydrogen-bond acceptors (Lipinski definition) is 4. The van der Waals surface area contributed by atoms with Crippen molar-refractivity contribution >= 4 is 5.91 Å². The lowest BCUT2D eigenvalue weighted by atomic mass is 9.99. The van der Waals surface area contributed by atoms with Gasteiger partial charge in [-0.1, -0.05) is 62.7 Å². The van der Waals surface area contributed by atoms with Crippen molar-refractivity contribution in [2.45, 2.75) is 64.5 Å². The number of benzene rings is 2. The van der Waals surface area contributed by atoms with Crippen LogP contribution >= 0.6 is 0 Å². The van der Waals surface area contributed by atoms with Crippen LogP contribution in [0.5, 0.6) is 5.75 Å². The summed E-state index contributed by atoms with van der Waals surface area (Å²) in [4.78, 5) is 13.1. The Morgan fingerprint density at radius 3 is 2.52 bits per heavy atom. The minimum absolute atomic E-state index is 0.0423. The molecule has 5 heteroatoms. The molecule has 0 saturated carbocycles. The van der Waals surface area contributed by atoms with E-state index in [1.807, 2.05) is 49.4 Å². The van der Waals surface area contributed by atoms with Crippen LogP contribution < -0.4 is 20.7 Å². The van der Waals surface area contributed by atoms with Crippen LogP contribution in [-0.2, 0) is 4.79 Å². The molecule has 0 aromatic heterocycles. The third-order valence-corrected chi connectivity index (χ3v) is 6.51. The predicted molar refractivity (Wildman–Crippen MR) is 136 cm³/mol. The number of nitrogens with one attached hydrogen (secondary N) is 3. The Labute approximate surface area is 199 Å². The molecule has 0 spiro atoms. The highest BCUT2D eigenvalue weighted by Crippen LogP contribution is 2.21. The Hall–Kier alpha value is -2.37. The maximum absolute atomic E-state index is 13.1. The van der Waals surface area contributed by atoms with Gasteiger partial charge in [-0.05, 0) is 61.9 Å². The van der Waals surface area contributed by atoms with Crippen molar-refractivity contribution in [2.75, 3.05) is 26.2 Å². The Kier molecular flexibility index (Phi) is 10.2. The molecule has 1 heterocycles. The molecule has 0 bridgehead atoms. The SMILES string of the molecule is CCCC(C)COc1ccc([C@H](CNC[C@H]2CCCN2)NC(=O)C(C)c2ccccc2)cc1. The molecule has 33 heavy (non-hydrogen) atoms. The highest BCUT2D eigenvalue weighted by Gasteiger charge is 2.21. The lowest BCUT2D eigenvalue weighted by molar-refractivity contribution is -0.123. The van der Waals surface area contributed by atoms with Crippen LogP contribution in [-0.4, -0.2) is 38.2 Å². The summed E-state index contributed by atoms with van der Waals surface area (Å²) in [6.07, 6.45) is 4.79. The van der Waals surface area contributed by atoms with Gasteiger partial charge in [0.15, 0.2) is 0 Å². The molecule has 3 rings (SSSR count). The standard InChI is InChI=1S/C28H41N3O2/c1-4-9-21(2)20-33-26-15-13-24(14-16-26)27(19-29-18-25-12-8-17-30-25)31-28(32)22(3)23-10-6-5-7-11-23/h5-7,10-11,13-16,21-22,25,27,29-30H,4,8-9,12,17-20H2,1-3H3,(H,31,32)/t21?,22?,25-,27+/m1/s1. The number of amides is 1. The van der Waals surface area contributed by atoms with Crippen molar-refractivity contribution < 1.29 is 9.53 Å². The monoisotopic (exact) mass is 451 g/mol. The first-order valence-corrected chi connectivity index (χ1v) is 12.6. The highest BCUT2D eigenvalue weighted by atomic mass is 16.5. The van der Waals surface area contributed by atoms with E-state index in [2.05, 4.69) is 41.9 Å². The van der Waals surface area contributed by atoms with E-state index in [0.717, 1.165) is 36.6 Å². The molecular formula is C28H41N3O2. The molecule has 1 amide bonds. The van der Waals surface area contributed by atoms with Crippen LogP contribution in [0.3, 0.4) is 0 Å². The van der Waals surface area contributed by atoms with Crippen molar-refractivity contribution in [1.29, 1.82) is 0 Å². The van der Waals surface area contributed by atoms with Gasteiger partial charge in [0.2, 0.25) is 5.91 Å². The Morgan fingerprint density at radius 2 is 1.85 bits per heavy atom. The van der Waals surface area contributed by atoms with E-state index in [1.165, 1.54) is 25.7 Å². The summed E-state index contributed by atoms with van der Waals surface area (Å²) in [7, 11) is 0. The summed E-state index contributed by atoms with van der Waals surface area (Å²) < 4.78 is 5.97. The van der Waals surface area contributed by atoms with Crippen molar-refractivity contribution in [3.63, 3.8) is 0 Å². The Balaban J connectivity index is 1.63. The zero-order valence-electron chi connectivity index (χ0n) is 20.5. The van der Waals surface area contributed by atoms with Gasteiger partial charge in [-0.25, -0.2) is 0 Å². The second-order valence-electron chi connectivity index (χ2n) is 9.42. The van der Waals surface area contributed by atoms with Gasteiger partial charge < -0.3 is 20.7 Å². The first-order valence-electron chi connectivity index (χ1n) is 12.6. The van der Waals surface area contributed by atoms with Gasteiger partial charge in [0.25, 0.3) is 0 Å². The Morgan fingerprint density at radius 1 is 1.09 bits per heavy atom. The van der Waals surface area contributed by atoms with E-state index >= 15 is 0 Å². The summed E-state index contributed by atoms with van der Waals surface area (Å²) in [5.41, 5.74) is 2.12. The smallest absolute Gasteiger partial charge is 0.227 e. The van der Waals surface area contributed by atoms with Crippen LogP contribution in [0.25, 0.3) is 0 Å². The second-order valence-corrected chi connectivity index (χ2v) is 9.42. The lowest BCUT2D eigenvalue weighted by Crippen LogP contribution is -2.41. The number of rotatable bonds is 13. The zero-order valence-corrected chi connectivity index (χ0v) is 20.5. The average Bonchev–Trinajstić information content (AvgIpc) is 3.36. The molecule has 1 aliphatic rings. The normalized spacial score (nSPS) is 18.5. The summed E-state index contributed by atoms with van der Waals surface area (Å²) in [6.45, 7) is 9.83. The molecule has 2 aromatic carbocycles. The van der Waals surface area contributed by atoms with Gasteiger partial charge in [0, 0.05) is 19.1 Å². The average molecular weight is 452 g/mol. The molecule has 5 nitrogen and oxygen atoms in total.